The summed E-state index contributed by atoms with van der Waals surface area (Å²) < 4.78 is 5.28. The van der Waals surface area contributed by atoms with E-state index in [-0.39, 0.29) is 11.8 Å². The summed E-state index contributed by atoms with van der Waals surface area (Å²) in [6.07, 6.45) is 1.64. The van der Waals surface area contributed by atoms with Crippen LogP contribution in [0, 0.1) is 5.92 Å². The van der Waals surface area contributed by atoms with Gasteiger partial charge in [0.1, 0.15) is 11.6 Å². The van der Waals surface area contributed by atoms with Crippen LogP contribution in [0.25, 0.3) is 0 Å². The van der Waals surface area contributed by atoms with Crippen molar-refractivity contribution in [3.8, 4) is 5.75 Å². The smallest absolute Gasteiger partial charge is 0.228 e. The minimum absolute atomic E-state index is 0.0651. The van der Waals surface area contributed by atoms with Crippen molar-refractivity contribution in [2.75, 3.05) is 17.7 Å². The number of anilines is 3. The number of aromatic nitrogens is 1. The van der Waals surface area contributed by atoms with E-state index in [0.717, 1.165) is 11.4 Å². The number of methoxy groups -OCH3 is 1. The number of carbonyl (C=O) groups excluding carboxylic acids is 1. The SMILES string of the molecule is COc1ccc(Cl)cc1Nc1ccc(NC(=O)C(C)C)nc1. The molecule has 0 bridgehead atoms. The molecule has 0 atom stereocenters. The largest absolute Gasteiger partial charge is 0.495 e. The number of hydrogen-bond acceptors (Lipinski definition) is 4. The molecule has 0 saturated carbocycles. The van der Waals surface area contributed by atoms with Gasteiger partial charge in [0.15, 0.2) is 0 Å². The van der Waals surface area contributed by atoms with E-state index in [4.69, 9.17) is 16.3 Å². The lowest BCUT2D eigenvalue weighted by Gasteiger charge is -2.12. The number of pyridine rings is 1. The van der Waals surface area contributed by atoms with E-state index in [9.17, 15) is 4.79 Å². The van der Waals surface area contributed by atoms with Crippen molar-refractivity contribution in [3.05, 3.63) is 41.6 Å². The molecule has 1 amide bonds. The van der Waals surface area contributed by atoms with Crippen molar-refractivity contribution in [2.45, 2.75) is 13.8 Å². The van der Waals surface area contributed by atoms with Gasteiger partial charge < -0.3 is 15.4 Å². The van der Waals surface area contributed by atoms with E-state index in [0.29, 0.717) is 16.6 Å². The number of nitrogens with zero attached hydrogens (tertiary/aromatic N) is 1. The van der Waals surface area contributed by atoms with E-state index in [2.05, 4.69) is 15.6 Å². The highest BCUT2D eigenvalue weighted by molar-refractivity contribution is 6.31. The minimum Gasteiger partial charge on any atom is -0.495 e. The lowest BCUT2D eigenvalue weighted by atomic mass is 10.2. The molecule has 0 aliphatic carbocycles. The average Bonchev–Trinajstić information content (AvgIpc) is 2.49. The van der Waals surface area contributed by atoms with E-state index >= 15 is 0 Å². The summed E-state index contributed by atoms with van der Waals surface area (Å²) in [6, 6.07) is 8.88. The first-order valence-electron chi connectivity index (χ1n) is 6.87. The monoisotopic (exact) mass is 319 g/mol. The Morgan fingerprint density at radius 1 is 1.27 bits per heavy atom. The number of halogens is 1. The van der Waals surface area contributed by atoms with Gasteiger partial charge >= 0.3 is 0 Å². The minimum atomic E-state index is -0.0877. The van der Waals surface area contributed by atoms with E-state index in [1.165, 1.54) is 0 Å². The highest BCUT2D eigenvalue weighted by atomic mass is 35.5. The number of nitrogens with one attached hydrogen (secondary N) is 2. The van der Waals surface area contributed by atoms with Gasteiger partial charge in [-0.15, -0.1) is 0 Å². The van der Waals surface area contributed by atoms with Crippen molar-refractivity contribution in [1.29, 1.82) is 0 Å². The van der Waals surface area contributed by atoms with Gasteiger partial charge in [-0.3, -0.25) is 4.79 Å². The van der Waals surface area contributed by atoms with Gasteiger partial charge in [-0.25, -0.2) is 4.98 Å². The van der Waals surface area contributed by atoms with Crippen LogP contribution in [0.1, 0.15) is 13.8 Å². The van der Waals surface area contributed by atoms with Crippen molar-refractivity contribution >= 4 is 34.7 Å². The Hall–Kier alpha value is -2.27. The number of benzene rings is 1. The van der Waals surface area contributed by atoms with Crippen molar-refractivity contribution in [3.63, 3.8) is 0 Å². The molecule has 1 aromatic carbocycles. The second-order valence-corrected chi connectivity index (χ2v) is 5.48. The maximum absolute atomic E-state index is 11.6. The summed E-state index contributed by atoms with van der Waals surface area (Å²) >= 11 is 5.99. The molecule has 1 aromatic heterocycles. The Balaban J connectivity index is 2.11. The highest BCUT2D eigenvalue weighted by Gasteiger charge is 2.08. The molecular formula is C16H18ClN3O2. The van der Waals surface area contributed by atoms with E-state index in [1.807, 2.05) is 19.9 Å². The van der Waals surface area contributed by atoms with Crippen LogP contribution in [0.4, 0.5) is 17.2 Å². The van der Waals surface area contributed by atoms with Crippen molar-refractivity contribution in [1.82, 2.24) is 4.98 Å². The summed E-state index contributed by atoms with van der Waals surface area (Å²) in [7, 11) is 1.59. The fourth-order valence-corrected chi connectivity index (χ4v) is 1.92. The molecule has 22 heavy (non-hydrogen) atoms. The number of carbonyl (C=O) groups is 1. The molecule has 0 aliphatic rings. The summed E-state index contributed by atoms with van der Waals surface area (Å²) in [5, 5.41) is 6.53. The molecule has 2 N–H and O–H groups in total. The number of hydrogen-bond donors (Lipinski definition) is 2. The Labute approximate surface area is 134 Å². The second-order valence-electron chi connectivity index (χ2n) is 5.05. The normalized spacial score (nSPS) is 10.4. The summed E-state index contributed by atoms with van der Waals surface area (Å²) in [5.41, 5.74) is 1.51. The molecule has 0 saturated heterocycles. The number of ether oxygens (including phenoxy) is 1. The first kappa shape index (κ1) is 16.1. The van der Waals surface area contributed by atoms with Gasteiger partial charge in [0.2, 0.25) is 5.91 Å². The first-order valence-corrected chi connectivity index (χ1v) is 7.25. The zero-order valence-electron chi connectivity index (χ0n) is 12.7. The summed E-state index contributed by atoms with van der Waals surface area (Å²) in [4.78, 5) is 15.8. The Morgan fingerprint density at radius 2 is 2.05 bits per heavy atom. The molecule has 1 heterocycles. The van der Waals surface area contributed by atoms with Crippen LogP contribution in [0.2, 0.25) is 5.02 Å². The Kier molecular flexibility index (Phi) is 5.22. The maximum atomic E-state index is 11.6. The molecule has 0 unspecified atom stereocenters. The molecule has 6 heteroatoms. The standard InChI is InChI=1S/C16H18ClN3O2/c1-10(2)16(21)20-15-7-5-12(9-18-15)19-13-8-11(17)4-6-14(13)22-3/h4-10,19H,1-3H3,(H,18,20,21). The van der Waals surface area contributed by atoms with Crippen LogP contribution in [-0.4, -0.2) is 18.0 Å². The van der Waals surface area contributed by atoms with E-state index < -0.39 is 0 Å². The van der Waals surface area contributed by atoms with Gasteiger partial charge in [-0.05, 0) is 30.3 Å². The molecule has 0 fully saturated rings. The van der Waals surface area contributed by atoms with Crippen molar-refractivity contribution < 1.29 is 9.53 Å². The predicted molar refractivity (Wildman–Crippen MR) is 89.0 cm³/mol. The van der Waals surface area contributed by atoms with Crippen LogP contribution in [0.15, 0.2) is 36.5 Å². The van der Waals surface area contributed by atoms with Crippen molar-refractivity contribution in [2.24, 2.45) is 5.92 Å². The van der Waals surface area contributed by atoms with Gasteiger partial charge in [0.05, 0.1) is 24.7 Å². The molecule has 0 radical (unpaired) electrons. The molecule has 0 spiro atoms. The molecule has 0 aliphatic heterocycles. The third-order valence-corrected chi connectivity index (χ3v) is 3.21. The Morgan fingerprint density at radius 3 is 2.64 bits per heavy atom. The third-order valence-electron chi connectivity index (χ3n) is 2.98. The Bertz CT molecular complexity index is 657. The fraction of sp³-hybridized carbons (Fsp3) is 0.250. The van der Waals surface area contributed by atoms with Crippen LogP contribution < -0.4 is 15.4 Å². The topological polar surface area (TPSA) is 63.2 Å². The summed E-state index contributed by atoms with van der Waals surface area (Å²) in [6.45, 7) is 3.66. The lowest BCUT2D eigenvalue weighted by molar-refractivity contribution is -0.118. The van der Waals surface area contributed by atoms with Crippen LogP contribution >= 0.6 is 11.6 Å². The molecule has 116 valence electrons. The molecule has 5 nitrogen and oxygen atoms in total. The maximum Gasteiger partial charge on any atom is 0.228 e. The first-order chi connectivity index (χ1) is 10.5. The summed E-state index contributed by atoms with van der Waals surface area (Å²) in [5.74, 6) is 1.05. The van der Waals surface area contributed by atoms with E-state index in [1.54, 1.807) is 37.6 Å². The lowest BCUT2D eigenvalue weighted by Crippen LogP contribution is -2.18. The predicted octanol–water partition coefficient (Wildman–Crippen LogP) is 4.08. The number of rotatable bonds is 5. The molecular weight excluding hydrogens is 302 g/mol. The van der Waals surface area contributed by atoms with Gasteiger partial charge in [-0.2, -0.15) is 0 Å². The molecule has 2 rings (SSSR count). The fourth-order valence-electron chi connectivity index (χ4n) is 1.75. The third kappa shape index (κ3) is 4.11. The van der Waals surface area contributed by atoms with Gasteiger partial charge in [0, 0.05) is 10.9 Å². The average molecular weight is 320 g/mol. The van der Waals surface area contributed by atoms with Gasteiger partial charge in [0.25, 0.3) is 0 Å². The van der Waals surface area contributed by atoms with Crippen LogP contribution in [-0.2, 0) is 4.79 Å². The van der Waals surface area contributed by atoms with Crippen LogP contribution in [0.3, 0.4) is 0 Å². The quantitative estimate of drug-likeness (QED) is 0.871. The highest BCUT2D eigenvalue weighted by Crippen LogP contribution is 2.30. The second kappa shape index (κ2) is 7.13. The van der Waals surface area contributed by atoms with Crippen LogP contribution in [0.5, 0.6) is 5.75 Å². The van der Waals surface area contributed by atoms with Gasteiger partial charge in [-0.1, -0.05) is 25.4 Å². The molecule has 2 aromatic rings. The zero-order chi connectivity index (χ0) is 16.1. The zero-order valence-corrected chi connectivity index (χ0v) is 13.4. The number of amides is 1.